The smallest absolute Gasteiger partial charge is 0.408 e. The molecular formula is C25H33F2N3O4Si. The summed E-state index contributed by atoms with van der Waals surface area (Å²) in [6.45, 7) is 10.5. The molecule has 35 heavy (non-hydrogen) atoms. The van der Waals surface area contributed by atoms with Gasteiger partial charge in [0.1, 0.15) is 30.0 Å². The highest BCUT2D eigenvalue weighted by atomic mass is 28.4. The molecule has 0 aliphatic carbocycles. The summed E-state index contributed by atoms with van der Waals surface area (Å²) in [5.74, 6) is -1.98. The second kappa shape index (κ2) is 10.6. The Kier molecular flexibility index (Phi) is 8.04. The highest BCUT2D eigenvalue weighted by Gasteiger charge is 2.42. The quantitative estimate of drug-likeness (QED) is 0.395. The van der Waals surface area contributed by atoms with Crippen LogP contribution in [0, 0.1) is 11.6 Å². The van der Waals surface area contributed by atoms with Crippen molar-refractivity contribution in [2.75, 3.05) is 13.7 Å². The SMILES string of the molecule is COc1cc(F)c([C@@H]2CN/C(=N\O[Si](C)(C)C(C)(C)C)[C@H]2NC(=O)OCc2ccccc2)c(F)c1. The normalized spacial score (nSPS) is 19.3. The van der Waals surface area contributed by atoms with Crippen LogP contribution in [-0.2, 0) is 15.9 Å². The molecule has 0 saturated carbocycles. The maximum absolute atomic E-state index is 14.9. The van der Waals surface area contributed by atoms with Crippen molar-refractivity contribution in [2.45, 2.75) is 57.5 Å². The van der Waals surface area contributed by atoms with Gasteiger partial charge in [0.2, 0.25) is 0 Å². The maximum atomic E-state index is 14.9. The van der Waals surface area contributed by atoms with E-state index in [4.69, 9.17) is 14.0 Å². The lowest BCUT2D eigenvalue weighted by Gasteiger charge is -2.33. The summed E-state index contributed by atoms with van der Waals surface area (Å²) in [5.41, 5.74) is 0.635. The van der Waals surface area contributed by atoms with Crippen LogP contribution in [0.25, 0.3) is 0 Å². The molecule has 1 aliphatic heterocycles. The van der Waals surface area contributed by atoms with Gasteiger partial charge in [-0.2, -0.15) is 0 Å². The number of hydrogen-bond acceptors (Lipinski definition) is 5. The molecule has 7 nitrogen and oxygen atoms in total. The van der Waals surface area contributed by atoms with E-state index < -0.39 is 38.0 Å². The van der Waals surface area contributed by atoms with Crippen molar-refractivity contribution in [1.29, 1.82) is 0 Å². The lowest BCUT2D eigenvalue weighted by Crippen LogP contribution is -2.45. The number of amidine groups is 1. The summed E-state index contributed by atoms with van der Waals surface area (Å²) in [7, 11) is -0.939. The molecule has 10 heteroatoms. The van der Waals surface area contributed by atoms with E-state index in [0.717, 1.165) is 17.7 Å². The standard InChI is InChI=1S/C25H33F2N3O4Si/c1-25(2,3)35(5,6)34-30-23-22(29-24(31)33-15-16-10-8-7-9-11-16)18(14-28-23)21-19(26)12-17(32-4)13-20(21)27/h7-13,18,22H,14-15H2,1-6H3,(H,28,30)(H,29,31)/t18-,22-/m0/s1. The fourth-order valence-corrected chi connectivity index (χ4v) is 3.99. The number of methoxy groups -OCH3 is 1. The highest BCUT2D eigenvalue weighted by molar-refractivity contribution is 6.74. The van der Waals surface area contributed by atoms with Gasteiger partial charge in [-0.15, -0.1) is 0 Å². The first-order valence-corrected chi connectivity index (χ1v) is 14.3. The Balaban J connectivity index is 1.87. The van der Waals surface area contributed by atoms with Gasteiger partial charge < -0.3 is 24.6 Å². The Bertz CT molecular complexity index is 1050. The lowest BCUT2D eigenvalue weighted by atomic mass is 9.92. The van der Waals surface area contributed by atoms with Crippen LogP contribution in [0.5, 0.6) is 5.75 Å². The van der Waals surface area contributed by atoms with Crippen LogP contribution in [0.1, 0.15) is 37.8 Å². The number of ether oxygens (including phenoxy) is 2. The molecule has 1 amide bonds. The van der Waals surface area contributed by atoms with Crippen molar-refractivity contribution in [2.24, 2.45) is 5.16 Å². The summed E-state index contributed by atoms with van der Waals surface area (Å²) < 4.78 is 46.1. The molecule has 0 radical (unpaired) electrons. The maximum Gasteiger partial charge on any atom is 0.408 e. The Morgan fingerprint density at radius 2 is 1.80 bits per heavy atom. The fraction of sp³-hybridized carbons (Fsp3) is 0.440. The van der Waals surface area contributed by atoms with Crippen LogP contribution in [0.15, 0.2) is 47.6 Å². The number of benzene rings is 2. The number of rotatable bonds is 7. The number of halogens is 2. The number of hydrogen-bond donors (Lipinski definition) is 2. The largest absolute Gasteiger partial charge is 0.497 e. The Hall–Kier alpha value is -3.14. The molecular weight excluding hydrogens is 472 g/mol. The summed E-state index contributed by atoms with van der Waals surface area (Å²) in [4.78, 5) is 12.7. The first-order chi connectivity index (χ1) is 16.4. The first-order valence-electron chi connectivity index (χ1n) is 11.4. The van der Waals surface area contributed by atoms with Gasteiger partial charge in [-0.05, 0) is 23.7 Å². The van der Waals surface area contributed by atoms with Gasteiger partial charge in [0.05, 0.1) is 7.11 Å². The van der Waals surface area contributed by atoms with Crippen LogP contribution >= 0.6 is 0 Å². The summed E-state index contributed by atoms with van der Waals surface area (Å²) >= 11 is 0. The summed E-state index contributed by atoms with van der Waals surface area (Å²) in [6.07, 6.45) is -0.734. The van der Waals surface area contributed by atoms with Crippen LogP contribution < -0.4 is 15.4 Å². The van der Waals surface area contributed by atoms with E-state index in [-0.39, 0.29) is 35.3 Å². The van der Waals surface area contributed by atoms with Crippen molar-refractivity contribution in [3.05, 3.63) is 65.2 Å². The third-order valence-corrected chi connectivity index (χ3v) is 10.7. The van der Waals surface area contributed by atoms with Gasteiger partial charge in [0, 0.05) is 30.2 Å². The molecule has 2 N–H and O–H groups in total. The molecule has 3 rings (SSSR count). The second-order valence-corrected chi connectivity index (χ2v) is 14.7. The van der Waals surface area contributed by atoms with Crippen molar-refractivity contribution in [3.8, 4) is 5.75 Å². The molecule has 0 spiro atoms. The summed E-state index contributed by atoms with van der Waals surface area (Å²) in [6, 6.07) is 10.5. The lowest BCUT2D eigenvalue weighted by molar-refractivity contribution is 0.137. The monoisotopic (exact) mass is 505 g/mol. The fourth-order valence-electron chi connectivity index (χ4n) is 3.38. The Morgan fingerprint density at radius 3 is 2.37 bits per heavy atom. The molecule has 0 aromatic heterocycles. The number of carbonyl (C=O) groups is 1. The van der Waals surface area contributed by atoms with Gasteiger partial charge in [-0.3, -0.25) is 0 Å². The van der Waals surface area contributed by atoms with Gasteiger partial charge in [0.15, 0.2) is 5.84 Å². The minimum atomic E-state index is -2.27. The first kappa shape index (κ1) is 26.5. The van der Waals surface area contributed by atoms with Crippen molar-refractivity contribution < 1.29 is 27.6 Å². The zero-order valence-electron chi connectivity index (χ0n) is 20.9. The molecule has 2 aromatic rings. The second-order valence-electron chi connectivity index (χ2n) is 10.0. The van der Waals surface area contributed by atoms with E-state index in [0.29, 0.717) is 0 Å². The van der Waals surface area contributed by atoms with Gasteiger partial charge in [0.25, 0.3) is 8.32 Å². The highest BCUT2D eigenvalue weighted by Crippen LogP contribution is 2.37. The van der Waals surface area contributed by atoms with Crippen LogP contribution in [-0.4, -0.2) is 39.9 Å². The Labute approximate surface area is 206 Å². The third kappa shape index (κ3) is 6.30. The van der Waals surface area contributed by atoms with Crippen LogP contribution in [0.3, 0.4) is 0 Å². The van der Waals surface area contributed by atoms with E-state index in [1.807, 2.05) is 43.4 Å². The van der Waals surface area contributed by atoms with Crippen molar-refractivity contribution >= 4 is 20.2 Å². The number of alkyl carbamates (subject to hydrolysis) is 1. The minimum Gasteiger partial charge on any atom is -0.497 e. The van der Waals surface area contributed by atoms with Crippen molar-refractivity contribution in [1.82, 2.24) is 10.6 Å². The van der Waals surface area contributed by atoms with Crippen LogP contribution in [0.2, 0.25) is 18.1 Å². The zero-order chi connectivity index (χ0) is 25.8. The van der Waals surface area contributed by atoms with Gasteiger partial charge >= 0.3 is 6.09 Å². The molecule has 0 bridgehead atoms. The average molecular weight is 506 g/mol. The van der Waals surface area contributed by atoms with Gasteiger partial charge in [-0.1, -0.05) is 56.3 Å². The number of nitrogens with one attached hydrogen (secondary N) is 2. The predicted octanol–water partition coefficient (Wildman–Crippen LogP) is 5.29. The summed E-state index contributed by atoms with van der Waals surface area (Å²) in [5, 5.41) is 9.98. The average Bonchev–Trinajstić information content (AvgIpc) is 3.17. The van der Waals surface area contributed by atoms with Gasteiger partial charge in [-0.25, -0.2) is 13.6 Å². The topological polar surface area (TPSA) is 81.2 Å². The molecule has 190 valence electrons. The van der Waals surface area contributed by atoms with E-state index in [2.05, 4.69) is 36.6 Å². The third-order valence-electron chi connectivity index (χ3n) is 6.52. The number of nitrogens with zero attached hydrogens (tertiary/aromatic N) is 1. The molecule has 1 heterocycles. The number of oxime groups is 1. The van der Waals surface area contributed by atoms with Crippen LogP contribution in [0.4, 0.5) is 13.6 Å². The molecule has 1 aliphatic rings. The molecule has 0 unspecified atom stereocenters. The zero-order valence-corrected chi connectivity index (χ0v) is 21.9. The van der Waals surface area contributed by atoms with E-state index in [1.165, 1.54) is 7.11 Å². The minimum absolute atomic E-state index is 0.0513. The molecule has 2 aromatic carbocycles. The number of carbonyl (C=O) groups excluding carboxylic acids is 1. The Morgan fingerprint density at radius 1 is 1.17 bits per heavy atom. The molecule has 2 atom stereocenters. The van der Waals surface area contributed by atoms with E-state index >= 15 is 0 Å². The molecule has 1 saturated heterocycles. The molecule has 1 fully saturated rings. The van der Waals surface area contributed by atoms with E-state index in [9.17, 15) is 13.6 Å². The van der Waals surface area contributed by atoms with E-state index in [1.54, 1.807) is 0 Å². The van der Waals surface area contributed by atoms with Crippen molar-refractivity contribution in [3.63, 3.8) is 0 Å². The predicted molar refractivity (Wildman–Crippen MR) is 133 cm³/mol. The number of amides is 1.